The summed E-state index contributed by atoms with van der Waals surface area (Å²) in [5, 5.41) is 2.97. The van der Waals surface area contributed by atoms with Crippen LogP contribution in [-0.4, -0.2) is 50.2 Å². The zero-order valence-corrected chi connectivity index (χ0v) is 12.3. The van der Waals surface area contributed by atoms with Crippen LogP contribution in [0.25, 0.3) is 0 Å². The van der Waals surface area contributed by atoms with Gasteiger partial charge in [0.05, 0.1) is 0 Å². The van der Waals surface area contributed by atoms with Crippen molar-refractivity contribution in [2.24, 2.45) is 0 Å². The Hall–Kier alpha value is -1.75. The lowest BCUT2D eigenvalue weighted by atomic mass is 10.2. The van der Waals surface area contributed by atoms with Crippen molar-refractivity contribution in [1.29, 1.82) is 0 Å². The minimum atomic E-state index is -0.0478. The van der Waals surface area contributed by atoms with Gasteiger partial charge in [0.15, 0.2) is 11.5 Å². The van der Waals surface area contributed by atoms with Gasteiger partial charge in [-0.05, 0) is 57.1 Å². The van der Waals surface area contributed by atoms with Gasteiger partial charge in [0.25, 0.3) is 5.91 Å². The summed E-state index contributed by atoms with van der Waals surface area (Å²) in [5.41, 5.74) is 0.625. The van der Waals surface area contributed by atoms with E-state index in [0.717, 1.165) is 13.0 Å². The van der Waals surface area contributed by atoms with Crippen molar-refractivity contribution in [3.05, 3.63) is 23.8 Å². The molecule has 0 radical (unpaired) electrons. The zero-order valence-electron chi connectivity index (χ0n) is 12.3. The van der Waals surface area contributed by atoms with Crippen molar-refractivity contribution in [2.45, 2.75) is 19.3 Å². The van der Waals surface area contributed by atoms with Gasteiger partial charge >= 0.3 is 0 Å². The van der Waals surface area contributed by atoms with Crippen molar-refractivity contribution in [1.82, 2.24) is 10.2 Å². The molecule has 1 aromatic carbocycles. The topological polar surface area (TPSA) is 50.8 Å². The number of ether oxygens (including phenoxy) is 2. The molecule has 1 aromatic rings. The van der Waals surface area contributed by atoms with Crippen LogP contribution in [0.2, 0.25) is 0 Å². The predicted octanol–water partition coefficient (Wildman–Crippen LogP) is 1.67. The number of nitrogens with one attached hydrogen (secondary N) is 1. The average Bonchev–Trinajstić information content (AvgIpc) is 3.04. The van der Waals surface area contributed by atoms with Gasteiger partial charge in [0, 0.05) is 12.1 Å². The Labute approximate surface area is 125 Å². The fourth-order valence-corrected chi connectivity index (χ4v) is 2.80. The molecule has 5 heteroatoms. The Morgan fingerprint density at radius 3 is 2.71 bits per heavy atom. The van der Waals surface area contributed by atoms with Crippen LogP contribution in [0.1, 0.15) is 29.6 Å². The highest BCUT2D eigenvalue weighted by Crippen LogP contribution is 2.30. The van der Waals surface area contributed by atoms with Crippen LogP contribution in [0.5, 0.6) is 11.5 Å². The number of rotatable bonds is 5. The van der Waals surface area contributed by atoms with Crippen LogP contribution >= 0.6 is 0 Å². The van der Waals surface area contributed by atoms with Gasteiger partial charge in [-0.1, -0.05) is 0 Å². The number of carbonyl (C=O) groups is 1. The first-order valence-corrected chi connectivity index (χ1v) is 7.73. The highest BCUT2D eigenvalue weighted by atomic mass is 16.6. The predicted molar refractivity (Wildman–Crippen MR) is 80.1 cm³/mol. The Morgan fingerprint density at radius 2 is 1.90 bits per heavy atom. The summed E-state index contributed by atoms with van der Waals surface area (Å²) < 4.78 is 10.9. The van der Waals surface area contributed by atoms with Gasteiger partial charge in [-0.2, -0.15) is 0 Å². The molecule has 1 amide bonds. The van der Waals surface area contributed by atoms with E-state index in [9.17, 15) is 4.79 Å². The molecule has 0 spiro atoms. The standard InChI is InChI=1S/C16H22N2O3/c19-16(17-6-3-9-18-7-1-2-8-18)13-4-5-14-15(12-13)21-11-10-20-14/h4-5,12H,1-3,6-11H2,(H,17,19). The average molecular weight is 290 g/mol. The Morgan fingerprint density at radius 1 is 1.14 bits per heavy atom. The number of hydrogen-bond donors (Lipinski definition) is 1. The minimum Gasteiger partial charge on any atom is -0.486 e. The van der Waals surface area contributed by atoms with E-state index in [2.05, 4.69) is 10.2 Å². The molecule has 1 N–H and O–H groups in total. The summed E-state index contributed by atoms with van der Waals surface area (Å²) in [5.74, 6) is 1.33. The molecule has 0 bridgehead atoms. The first-order valence-electron chi connectivity index (χ1n) is 7.73. The van der Waals surface area contributed by atoms with Gasteiger partial charge in [0.1, 0.15) is 13.2 Å². The first kappa shape index (κ1) is 14.2. The van der Waals surface area contributed by atoms with Crippen molar-refractivity contribution in [3.8, 4) is 11.5 Å². The van der Waals surface area contributed by atoms with Crippen LogP contribution < -0.4 is 14.8 Å². The summed E-state index contributed by atoms with van der Waals surface area (Å²) >= 11 is 0. The van der Waals surface area contributed by atoms with Crippen LogP contribution in [-0.2, 0) is 0 Å². The van der Waals surface area contributed by atoms with Gasteiger partial charge in [0.2, 0.25) is 0 Å². The van der Waals surface area contributed by atoms with Crippen molar-refractivity contribution >= 4 is 5.91 Å². The third-order valence-electron chi connectivity index (χ3n) is 3.94. The van der Waals surface area contributed by atoms with E-state index < -0.39 is 0 Å². The number of hydrogen-bond acceptors (Lipinski definition) is 4. The fourth-order valence-electron chi connectivity index (χ4n) is 2.80. The largest absolute Gasteiger partial charge is 0.486 e. The summed E-state index contributed by atoms with van der Waals surface area (Å²) in [6.45, 7) is 5.29. The quantitative estimate of drug-likeness (QED) is 0.838. The molecular weight excluding hydrogens is 268 g/mol. The number of fused-ring (bicyclic) bond motifs is 1. The number of benzene rings is 1. The molecule has 0 atom stereocenters. The van der Waals surface area contributed by atoms with E-state index in [0.29, 0.717) is 36.8 Å². The molecule has 1 fully saturated rings. The molecule has 0 saturated carbocycles. The maximum Gasteiger partial charge on any atom is 0.251 e. The number of amides is 1. The molecule has 114 valence electrons. The Balaban J connectivity index is 1.46. The lowest BCUT2D eigenvalue weighted by Gasteiger charge is -2.18. The van der Waals surface area contributed by atoms with Crippen LogP contribution in [0.4, 0.5) is 0 Å². The number of likely N-dealkylation sites (tertiary alicyclic amines) is 1. The Kier molecular flexibility index (Phi) is 4.60. The minimum absolute atomic E-state index is 0.0478. The molecule has 0 unspecified atom stereocenters. The number of carbonyl (C=O) groups excluding carboxylic acids is 1. The van der Waals surface area contributed by atoms with Gasteiger partial charge in [-0.15, -0.1) is 0 Å². The van der Waals surface area contributed by atoms with E-state index in [1.54, 1.807) is 18.2 Å². The van der Waals surface area contributed by atoms with Crippen LogP contribution in [0.15, 0.2) is 18.2 Å². The molecule has 2 aliphatic heterocycles. The summed E-state index contributed by atoms with van der Waals surface area (Å²) in [4.78, 5) is 14.6. The number of nitrogens with zero attached hydrogens (tertiary/aromatic N) is 1. The van der Waals surface area contributed by atoms with Gasteiger partial charge in [-0.25, -0.2) is 0 Å². The third-order valence-corrected chi connectivity index (χ3v) is 3.94. The second kappa shape index (κ2) is 6.80. The molecule has 0 aliphatic carbocycles. The van der Waals surface area contributed by atoms with E-state index in [1.165, 1.54) is 25.9 Å². The first-order chi connectivity index (χ1) is 10.3. The second-order valence-electron chi connectivity index (χ2n) is 5.52. The lowest BCUT2D eigenvalue weighted by molar-refractivity contribution is 0.0950. The van der Waals surface area contributed by atoms with E-state index in [-0.39, 0.29) is 5.91 Å². The molecule has 2 aliphatic rings. The second-order valence-corrected chi connectivity index (χ2v) is 5.52. The normalized spacial score (nSPS) is 17.7. The maximum absolute atomic E-state index is 12.1. The maximum atomic E-state index is 12.1. The van der Waals surface area contributed by atoms with Gasteiger partial charge in [-0.3, -0.25) is 4.79 Å². The van der Waals surface area contributed by atoms with Crippen LogP contribution in [0.3, 0.4) is 0 Å². The lowest BCUT2D eigenvalue weighted by Crippen LogP contribution is -2.28. The summed E-state index contributed by atoms with van der Waals surface area (Å²) in [6, 6.07) is 5.33. The van der Waals surface area contributed by atoms with Crippen molar-refractivity contribution in [2.75, 3.05) is 39.4 Å². The van der Waals surface area contributed by atoms with E-state index >= 15 is 0 Å². The van der Waals surface area contributed by atoms with Crippen molar-refractivity contribution in [3.63, 3.8) is 0 Å². The molecule has 0 aromatic heterocycles. The summed E-state index contributed by atoms with van der Waals surface area (Å²) in [7, 11) is 0. The van der Waals surface area contributed by atoms with E-state index in [1.807, 2.05) is 0 Å². The van der Waals surface area contributed by atoms with Gasteiger partial charge < -0.3 is 19.7 Å². The monoisotopic (exact) mass is 290 g/mol. The van der Waals surface area contributed by atoms with E-state index in [4.69, 9.17) is 9.47 Å². The molecule has 2 heterocycles. The molecule has 3 rings (SSSR count). The fraction of sp³-hybridized carbons (Fsp3) is 0.562. The highest BCUT2D eigenvalue weighted by Gasteiger charge is 2.15. The molecule has 5 nitrogen and oxygen atoms in total. The SMILES string of the molecule is O=C(NCCCN1CCCC1)c1ccc2c(c1)OCCO2. The third kappa shape index (κ3) is 3.67. The Bertz CT molecular complexity index is 498. The molecule has 21 heavy (non-hydrogen) atoms. The molecular formula is C16H22N2O3. The smallest absolute Gasteiger partial charge is 0.251 e. The molecule has 1 saturated heterocycles. The van der Waals surface area contributed by atoms with Crippen LogP contribution in [0, 0.1) is 0 Å². The zero-order chi connectivity index (χ0) is 14.5. The summed E-state index contributed by atoms with van der Waals surface area (Å²) in [6.07, 6.45) is 3.61. The van der Waals surface area contributed by atoms with Crippen molar-refractivity contribution < 1.29 is 14.3 Å². The highest BCUT2D eigenvalue weighted by molar-refractivity contribution is 5.94.